The van der Waals surface area contributed by atoms with Crippen LogP contribution in [0.15, 0.2) is 30.9 Å². The van der Waals surface area contributed by atoms with Crippen LogP contribution in [-0.4, -0.2) is 54.0 Å². The first-order chi connectivity index (χ1) is 13.1. The van der Waals surface area contributed by atoms with E-state index in [1.165, 1.54) is 4.90 Å². The van der Waals surface area contributed by atoms with E-state index < -0.39 is 0 Å². The Kier molecular flexibility index (Phi) is 5.75. The molecule has 0 bridgehead atoms. The molecule has 0 spiro atoms. The van der Waals surface area contributed by atoms with Gasteiger partial charge >= 0.3 is 0 Å². The van der Waals surface area contributed by atoms with Crippen molar-refractivity contribution in [2.75, 3.05) is 27.3 Å². The first-order valence-corrected chi connectivity index (χ1v) is 8.57. The first-order valence-electron chi connectivity index (χ1n) is 8.57. The average molecular weight is 370 g/mol. The highest BCUT2D eigenvalue weighted by atomic mass is 16.5. The number of nitrogens with zero attached hydrogens (tertiary/aromatic N) is 2. The molecule has 0 aliphatic carbocycles. The largest absolute Gasteiger partial charge is 0.493 e. The van der Waals surface area contributed by atoms with Gasteiger partial charge in [-0.3, -0.25) is 9.59 Å². The molecule has 0 saturated carbocycles. The van der Waals surface area contributed by atoms with E-state index in [1.54, 1.807) is 45.1 Å². The number of fused-ring (bicyclic) bond motifs is 1. The Hall–Kier alpha value is -3.29. The summed E-state index contributed by atoms with van der Waals surface area (Å²) in [4.78, 5) is 33.0. The fourth-order valence-electron chi connectivity index (χ4n) is 2.87. The summed E-state index contributed by atoms with van der Waals surface area (Å²) in [5.74, 6) is 0.801. The zero-order chi connectivity index (χ0) is 19.2. The molecule has 8 heteroatoms. The minimum Gasteiger partial charge on any atom is -0.493 e. The molecule has 0 radical (unpaired) electrons. The van der Waals surface area contributed by atoms with Crippen LogP contribution < -0.4 is 14.8 Å². The van der Waals surface area contributed by atoms with Gasteiger partial charge in [-0.2, -0.15) is 0 Å². The van der Waals surface area contributed by atoms with Gasteiger partial charge in [0.2, 0.25) is 11.8 Å². The predicted octanol–water partition coefficient (Wildman–Crippen LogP) is 1.14. The van der Waals surface area contributed by atoms with Crippen LogP contribution in [0.25, 0.3) is 6.08 Å². The van der Waals surface area contributed by atoms with Gasteiger partial charge in [0.25, 0.3) is 0 Å². The summed E-state index contributed by atoms with van der Waals surface area (Å²) in [5.41, 5.74) is 2.64. The van der Waals surface area contributed by atoms with E-state index in [-0.39, 0.29) is 24.8 Å². The van der Waals surface area contributed by atoms with Crippen molar-refractivity contribution in [1.82, 2.24) is 20.2 Å². The number of rotatable bonds is 7. The van der Waals surface area contributed by atoms with Crippen LogP contribution in [0.3, 0.4) is 0 Å². The number of amides is 2. The lowest BCUT2D eigenvalue weighted by molar-refractivity contribution is -0.132. The quantitative estimate of drug-likeness (QED) is 0.762. The second-order valence-corrected chi connectivity index (χ2v) is 6.10. The van der Waals surface area contributed by atoms with Crippen molar-refractivity contribution >= 4 is 17.9 Å². The average Bonchev–Trinajstić information content (AvgIpc) is 3.13. The summed E-state index contributed by atoms with van der Waals surface area (Å²) in [6, 6.07) is 3.62. The van der Waals surface area contributed by atoms with Crippen molar-refractivity contribution in [2.24, 2.45) is 0 Å². The Bertz CT molecular complexity index is 846. The van der Waals surface area contributed by atoms with Crippen LogP contribution in [0.5, 0.6) is 11.5 Å². The lowest BCUT2D eigenvalue weighted by Gasteiger charge is -2.16. The van der Waals surface area contributed by atoms with E-state index in [0.717, 1.165) is 16.8 Å². The summed E-state index contributed by atoms with van der Waals surface area (Å²) in [7, 11) is 3.12. The highest BCUT2D eigenvalue weighted by Gasteiger charge is 2.21. The minimum absolute atomic E-state index is 0.0272. The normalized spacial score (nSPS) is 13.1. The van der Waals surface area contributed by atoms with Crippen molar-refractivity contribution in [2.45, 2.75) is 12.8 Å². The van der Waals surface area contributed by atoms with E-state index in [4.69, 9.17) is 9.47 Å². The number of imidazole rings is 1. The number of hydrogen-bond donors (Lipinski definition) is 2. The van der Waals surface area contributed by atoms with Crippen molar-refractivity contribution in [3.8, 4) is 11.5 Å². The monoisotopic (exact) mass is 370 g/mol. The van der Waals surface area contributed by atoms with E-state index >= 15 is 0 Å². The summed E-state index contributed by atoms with van der Waals surface area (Å²) in [5, 5.41) is 2.81. The van der Waals surface area contributed by atoms with Crippen LogP contribution in [0.2, 0.25) is 0 Å². The molecule has 2 aromatic rings. The zero-order valence-electron chi connectivity index (χ0n) is 15.3. The lowest BCUT2D eigenvalue weighted by atomic mass is 10.0. The SMILES string of the molecule is COc1cc2c(cc1OC)CC(=O)N(CC(=O)NCCc1cnc[nH]1)C=C2. The van der Waals surface area contributed by atoms with Gasteiger partial charge in [-0.15, -0.1) is 0 Å². The third kappa shape index (κ3) is 4.46. The molecule has 1 aliphatic heterocycles. The number of carbonyl (C=O) groups excluding carboxylic acids is 2. The third-order valence-corrected chi connectivity index (χ3v) is 4.33. The molecule has 2 heterocycles. The molecule has 0 atom stereocenters. The molecular formula is C19H22N4O4. The van der Waals surface area contributed by atoms with Gasteiger partial charge in [-0.1, -0.05) is 0 Å². The number of aromatic nitrogens is 2. The van der Waals surface area contributed by atoms with Gasteiger partial charge in [0.05, 0.1) is 27.0 Å². The molecule has 27 heavy (non-hydrogen) atoms. The zero-order valence-corrected chi connectivity index (χ0v) is 15.3. The Labute approximate surface area is 157 Å². The maximum Gasteiger partial charge on any atom is 0.240 e. The number of carbonyl (C=O) groups is 2. The van der Waals surface area contributed by atoms with Crippen molar-refractivity contribution < 1.29 is 19.1 Å². The maximum absolute atomic E-state index is 12.5. The smallest absolute Gasteiger partial charge is 0.240 e. The summed E-state index contributed by atoms with van der Waals surface area (Å²) in [6.07, 6.45) is 7.59. The highest BCUT2D eigenvalue weighted by molar-refractivity contribution is 5.89. The van der Waals surface area contributed by atoms with Gasteiger partial charge < -0.3 is 24.7 Å². The van der Waals surface area contributed by atoms with Gasteiger partial charge in [-0.05, 0) is 29.3 Å². The lowest BCUT2D eigenvalue weighted by Crippen LogP contribution is -2.38. The molecule has 0 unspecified atom stereocenters. The predicted molar refractivity (Wildman–Crippen MR) is 99.3 cm³/mol. The van der Waals surface area contributed by atoms with Crippen LogP contribution in [-0.2, 0) is 22.4 Å². The summed E-state index contributed by atoms with van der Waals surface area (Å²) in [6.45, 7) is 0.446. The third-order valence-electron chi connectivity index (χ3n) is 4.33. The van der Waals surface area contributed by atoms with Crippen molar-refractivity contribution in [3.05, 3.63) is 47.7 Å². The van der Waals surface area contributed by atoms with E-state index in [9.17, 15) is 9.59 Å². The van der Waals surface area contributed by atoms with Crippen LogP contribution in [0.4, 0.5) is 0 Å². The Morgan fingerprint density at radius 3 is 2.78 bits per heavy atom. The second kappa shape index (κ2) is 8.39. The fourth-order valence-corrected chi connectivity index (χ4v) is 2.87. The van der Waals surface area contributed by atoms with Crippen molar-refractivity contribution in [1.29, 1.82) is 0 Å². The molecule has 1 aliphatic rings. The minimum atomic E-state index is -0.214. The van der Waals surface area contributed by atoms with Crippen LogP contribution >= 0.6 is 0 Å². The molecule has 2 amide bonds. The van der Waals surface area contributed by atoms with E-state index in [2.05, 4.69) is 15.3 Å². The standard InChI is InChI=1S/C19H22N4O4/c1-26-16-7-13-4-6-23(19(25)9-14(13)8-17(16)27-2)11-18(24)21-5-3-15-10-20-12-22-15/h4,6-8,10,12H,3,5,9,11H2,1-2H3,(H,20,22)(H,21,24). The maximum atomic E-state index is 12.5. The summed E-state index contributed by atoms with van der Waals surface area (Å²) < 4.78 is 10.6. The molecule has 2 N–H and O–H groups in total. The van der Waals surface area contributed by atoms with Gasteiger partial charge in [0.15, 0.2) is 11.5 Å². The van der Waals surface area contributed by atoms with Gasteiger partial charge in [0.1, 0.15) is 6.54 Å². The Morgan fingerprint density at radius 1 is 1.30 bits per heavy atom. The number of nitrogens with one attached hydrogen (secondary N) is 2. The molecule has 142 valence electrons. The van der Waals surface area contributed by atoms with Crippen LogP contribution in [0, 0.1) is 0 Å². The number of benzene rings is 1. The number of aromatic amines is 1. The number of hydrogen-bond acceptors (Lipinski definition) is 5. The molecule has 0 fully saturated rings. The highest BCUT2D eigenvalue weighted by Crippen LogP contribution is 2.32. The van der Waals surface area contributed by atoms with E-state index in [1.807, 2.05) is 6.07 Å². The number of H-pyrrole nitrogens is 1. The Balaban J connectivity index is 1.62. The number of methoxy groups -OCH3 is 2. The molecular weight excluding hydrogens is 348 g/mol. The molecule has 8 nitrogen and oxygen atoms in total. The van der Waals surface area contributed by atoms with Crippen molar-refractivity contribution in [3.63, 3.8) is 0 Å². The molecule has 0 saturated heterocycles. The first kappa shape index (κ1) is 18.5. The second-order valence-electron chi connectivity index (χ2n) is 6.10. The number of ether oxygens (including phenoxy) is 2. The summed E-state index contributed by atoms with van der Waals surface area (Å²) >= 11 is 0. The van der Waals surface area contributed by atoms with E-state index in [0.29, 0.717) is 24.5 Å². The fraction of sp³-hybridized carbons (Fsp3) is 0.316. The Morgan fingerprint density at radius 2 is 2.07 bits per heavy atom. The van der Waals surface area contributed by atoms with Crippen LogP contribution in [0.1, 0.15) is 16.8 Å². The topological polar surface area (TPSA) is 96.6 Å². The molecule has 1 aromatic carbocycles. The molecule has 1 aromatic heterocycles. The van der Waals surface area contributed by atoms with Gasteiger partial charge in [-0.25, -0.2) is 4.98 Å². The van der Waals surface area contributed by atoms with Gasteiger partial charge in [0, 0.05) is 31.1 Å². The molecule has 3 rings (SSSR count).